The molecule has 1 unspecified atom stereocenters. The van der Waals surface area contributed by atoms with Gasteiger partial charge in [0.2, 0.25) is 22.9 Å². The van der Waals surface area contributed by atoms with Gasteiger partial charge in [0.15, 0.2) is 5.01 Å². The lowest BCUT2D eigenvalue weighted by molar-refractivity contribution is -0.122. The van der Waals surface area contributed by atoms with Gasteiger partial charge in [0.05, 0.1) is 5.92 Å². The molecule has 9 nitrogen and oxygen atoms in total. The highest BCUT2D eigenvalue weighted by atomic mass is 35.5. The summed E-state index contributed by atoms with van der Waals surface area (Å²) in [6.45, 7) is 1.89. The molecule has 2 N–H and O–H groups in total. The number of anilines is 3. The van der Waals surface area contributed by atoms with Gasteiger partial charge in [-0.1, -0.05) is 22.9 Å². The van der Waals surface area contributed by atoms with Crippen molar-refractivity contribution in [2.75, 3.05) is 22.1 Å². The summed E-state index contributed by atoms with van der Waals surface area (Å²) in [5.74, 6) is -0.466. The summed E-state index contributed by atoms with van der Waals surface area (Å²) in [5.41, 5.74) is 1.31. The quantitative estimate of drug-likeness (QED) is 0.527. The molecule has 1 aliphatic heterocycles. The van der Waals surface area contributed by atoms with Gasteiger partial charge >= 0.3 is 0 Å². The van der Waals surface area contributed by atoms with Crippen molar-refractivity contribution in [1.29, 1.82) is 0 Å². The number of ether oxygens (including phenoxy) is 1. The molecular weight excluding hydrogens is 466 g/mol. The number of carbonyl (C=O) groups excluding carboxylic acids is 3. The van der Waals surface area contributed by atoms with Crippen LogP contribution in [0.25, 0.3) is 0 Å². The lowest BCUT2D eigenvalue weighted by atomic mass is 10.1. The van der Waals surface area contributed by atoms with Crippen molar-refractivity contribution in [1.82, 2.24) is 10.2 Å². The standard InChI is InChI=1S/C22H20ClN5O4S/c1-13(29)24-16-4-6-17(7-5-16)28-11-14(10-20(28)30)21(31)25-22-27-26-19(33-22)12-32-18-8-2-15(23)3-9-18/h2-9,14H,10-12H2,1H3,(H,24,29)(H,25,27,31). The molecule has 4 rings (SSSR count). The van der Waals surface area contributed by atoms with Crippen LogP contribution in [0.1, 0.15) is 18.4 Å². The van der Waals surface area contributed by atoms with Crippen molar-refractivity contribution < 1.29 is 19.1 Å². The van der Waals surface area contributed by atoms with Crippen molar-refractivity contribution in [2.24, 2.45) is 5.92 Å². The average Bonchev–Trinajstić information content (AvgIpc) is 3.40. The number of benzene rings is 2. The third-order valence-electron chi connectivity index (χ3n) is 4.87. The van der Waals surface area contributed by atoms with Gasteiger partial charge in [0.1, 0.15) is 12.4 Å². The lowest BCUT2D eigenvalue weighted by Crippen LogP contribution is -2.28. The van der Waals surface area contributed by atoms with Crippen LogP contribution in [0.3, 0.4) is 0 Å². The number of halogens is 1. The van der Waals surface area contributed by atoms with E-state index in [1.165, 1.54) is 18.3 Å². The van der Waals surface area contributed by atoms with Gasteiger partial charge in [-0.2, -0.15) is 0 Å². The molecule has 0 spiro atoms. The molecule has 11 heteroatoms. The maximum absolute atomic E-state index is 12.7. The first-order valence-electron chi connectivity index (χ1n) is 10.1. The van der Waals surface area contributed by atoms with E-state index in [0.29, 0.717) is 32.3 Å². The first-order chi connectivity index (χ1) is 15.9. The first-order valence-corrected chi connectivity index (χ1v) is 11.3. The van der Waals surface area contributed by atoms with E-state index in [0.717, 1.165) is 0 Å². The summed E-state index contributed by atoms with van der Waals surface area (Å²) in [5, 5.41) is 15.0. The van der Waals surface area contributed by atoms with E-state index in [2.05, 4.69) is 20.8 Å². The minimum atomic E-state index is -0.509. The van der Waals surface area contributed by atoms with Gasteiger partial charge in [-0.15, -0.1) is 10.2 Å². The largest absolute Gasteiger partial charge is 0.486 e. The van der Waals surface area contributed by atoms with Crippen molar-refractivity contribution in [2.45, 2.75) is 20.0 Å². The summed E-state index contributed by atoms with van der Waals surface area (Å²) in [6, 6.07) is 13.9. The number of amides is 3. The molecule has 0 bridgehead atoms. The van der Waals surface area contributed by atoms with E-state index in [9.17, 15) is 14.4 Å². The summed E-state index contributed by atoms with van der Waals surface area (Å²) in [7, 11) is 0. The Morgan fingerprint density at radius 3 is 2.55 bits per heavy atom. The maximum Gasteiger partial charge on any atom is 0.231 e. The zero-order valence-corrected chi connectivity index (χ0v) is 19.2. The summed E-state index contributed by atoms with van der Waals surface area (Å²) >= 11 is 7.06. The molecule has 170 valence electrons. The number of carbonyl (C=O) groups is 3. The SMILES string of the molecule is CC(=O)Nc1ccc(N2CC(C(=O)Nc3nnc(COc4ccc(Cl)cc4)s3)CC2=O)cc1. The fourth-order valence-corrected chi connectivity index (χ4v) is 4.09. The average molecular weight is 486 g/mol. The summed E-state index contributed by atoms with van der Waals surface area (Å²) < 4.78 is 5.63. The Bertz CT molecular complexity index is 1170. The number of nitrogens with one attached hydrogen (secondary N) is 2. The Hall–Kier alpha value is -3.50. The van der Waals surface area contributed by atoms with Crippen molar-refractivity contribution >= 4 is 57.2 Å². The van der Waals surface area contributed by atoms with Gasteiger partial charge in [-0.25, -0.2) is 0 Å². The Morgan fingerprint density at radius 2 is 1.85 bits per heavy atom. The van der Waals surface area contributed by atoms with E-state index < -0.39 is 5.92 Å². The molecule has 1 aliphatic rings. The zero-order chi connectivity index (χ0) is 23.4. The molecule has 33 heavy (non-hydrogen) atoms. The van der Waals surface area contributed by atoms with E-state index in [4.69, 9.17) is 16.3 Å². The van der Waals surface area contributed by atoms with Crippen LogP contribution < -0.4 is 20.3 Å². The predicted octanol–water partition coefficient (Wildman–Crippen LogP) is 3.72. The molecule has 0 saturated carbocycles. The van der Waals surface area contributed by atoms with E-state index >= 15 is 0 Å². The number of aromatic nitrogens is 2. The molecule has 2 aromatic carbocycles. The molecule has 3 aromatic rings. The van der Waals surface area contributed by atoms with Gasteiger partial charge in [-0.05, 0) is 48.5 Å². The normalized spacial score (nSPS) is 15.4. The molecule has 1 fully saturated rings. The zero-order valence-electron chi connectivity index (χ0n) is 17.6. The lowest BCUT2D eigenvalue weighted by Gasteiger charge is -2.17. The molecule has 0 radical (unpaired) electrons. The molecule has 1 saturated heterocycles. The van der Waals surface area contributed by atoms with Crippen LogP contribution in [0.4, 0.5) is 16.5 Å². The van der Waals surface area contributed by atoms with Gasteiger partial charge in [0.25, 0.3) is 0 Å². The molecule has 3 amide bonds. The van der Waals surface area contributed by atoms with Crippen LogP contribution in [0.15, 0.2) is 48.5 Å². The third-order valence-corrected chi connectivity index (χ3v) is 5.93. The maximum atomic E-state index is 12.7. The number of hydrogen-bond donors (Lipinski definition) is 2. The van der Waals surface area contributed by atoms with Gasteiger partial charge < -0.3 is 20.3 Å². The number of hydrogen-bond acceptors (Lipinski definition) is 7. The number of nitrogens with zero attached hydrogens (tertiary/aromatic N) is 3. The first kappa shape index (κ1) is 22.7. The second kappa shape index (κ2) is 9.97. The summed E-state index contributed by atoms with van der Waals surface area (Å²) in [6.07, 6.45) is 0.102. The van der Waals surface area contributed by atoms with Crippen LogP contribution in [-0.2, 0) is 21.0 Å². The highest BCUT2D eigenvalue weighted by Gasteiger charge is 2.35. The van der Waals surface area contributed by atoms with Crippen LogP contribution in [0.2, 0.25) is 5.02 Å². The smallest absolute Gasteiger partial charge is 0.231 e. The Labute approximate surface area is 198 Å². The molecule has 1 atom stereocenters. The molecule has 2 heterocycles. The fourth-order valence-electron chi connectivity index (χ4n) is 3.31. The minimum Gasteiger partial charge on any atom is -0.486 e. The highest BCUT2D eigenvalue weighted by Crippen LogP contribution is 2.28. The fraction of sp³-hybridized carbons (Fsp3) is 0.227. The monoisotopic (exact) mass is 485 g/mol. The van der Waals surface area contributed by atoms with Crippen LogP contribution in [0, 0.1) is 5.92 Å². The van der Waals surface area contributed by atoms with E-state index in [1.54, 1.807) is 53.4 Å². The van der Waals surface area contributed by atoms with E-state index in [1.807, 2.05) is 0 Å². The number of rotatable bonds is 7. The van der Waals surface area contributed by atoms with Crippen molar-refractivity contribution in [3.63, 3.8) is 0 Å². The molecular formula is C22H20ClN5O4S. The van der Waals surface area contributed by atoms with Crippen LogP contribution >= 0.6 is 22.9 Å². The van der Waals surface area contributed by atoms with Gasteiger partial charge in [-0.3, -0.25) is 14.4 Å². The third kappa shape index (κ3) is 5.85. The predicted molar refractivity (Wildman–Crippen MR) is 126 cm³/mol. The Kier molecular flexibility index (Phi) is 6.85. The topological polar surface area (TPSA) is 114 Å². The second-order valence-electron chi connectivity index (χ2n) is 7.37. The Balaban J connectivity index is 1.31. The molecule has 0 aliphatic carbocycles. The highest BCUT2D eigenvalue weighted by molar-refractivity contribution is 7.15. The van der Waals surface area contributed by atoms with E-state index in [-0.39, 0.29) is 37.3 Å². The molecule has 1 aromatic heterocycles. The Morgan fingerprint density at radius 1 is 1.12 bits per heavy atom. The van der Waals surface area contributed by atoms with Crippen LogP contribution in [0.5, 0.6) is 5.75 Å². The van der Waals surface area contributed by atoms with Gasteiger partial charge in [0, 0.05) is 36.3 Å². The summed E-state index contributed by atoms with van der Waals surface area (Å²) in [4.78, 5) is 37.9. The minimum absolute atomic E-state index is 0.102. The second-order valence-corrected chi connectivity index (χ2v) is 8.86. The van der Waals surface area contributed by atoms with Crippen molar-refractivity contribution in [3.8, 4) is 5.75 Å². The van der Waals surface area contributed by atoms with Crippen molar-refractivity contribution in [3.05, 3.63) is 58.6 Å². The van der Waals surface area contributed by atoms with Crippen LogP contribution in [-0.4, -0.2) is 34.5 Å².